The summed E-state index contributed by atoms with van der Waals surface area (Å²) in [6.07, 6.45) is 2.73. The predicted octanol–water partition coefficient (Wildman–Crippen LogP) is 2.97. The van der Waals surface area contributed by atoms with E-state index in [0.717, 1.165) is 11.3 Å². The fraction of sp³-hybridized carbons (Fsp3) is 0.381. The van der Waals surface area contributed by atoms with E-state index in [0.29, 0.717) is 25.5 Å². The minimum absolute atomic E-state index is 0.00662. The van der Waals surface area contributed by atoms with Gasteiger partial charge in [-0.15, -0.1) is 0 Å². The van der Waals surface area contributed by atoms with Crippen LogP contribution >= 0.6 is 0 Å². The molecule has 0 aliphatic heterocycles. The molecule has 1 atom stereocenters. The second kappa shape index (κ2) is 8.17. The minimum atomic E-state index is 0.00662. The summed E-state index contributed by atoms with van der Waals surface area (Å²) in [6, 6.07) is 16.0. The zero-order valence-corrected chi connectivity index (χ0v) is 14.7. The van der Waals surface area contributed by atoms with E-state index in [1.54, 1.807) is 0 Å². The highest BCUT2D eigenvalue weighted by Gasteiger charge is 2.28. The number of rotatable bonds is 8. The predicted molar refractivity (Wildman–Crippen MR) is 99.4 cm³/mol. The molecule has 0 saturated heterocycles. The Labute approximate surface area is 149 Å². The van der Waals surface area contributed by atoms with Gasteiger partial charge in [0.05, 0.1) is 6.42 Å². The Bertz CT molecular complexity index is 725. The lowest BCUT2D eigenvalue weighted by molar-refractivity contribution is -0.120. The van der Waals surface area contributed by atoms with E-state index < -0.39 is 0 Å². The molecule has 1 saturated carbocycles. The highest BCUT2D eigenvalue weighted by atomic mass is 16.5. The number of carbonyl (C=O) groups excluding carboxylic acids is 1. The van der Waals surface area contributed by atoms with Crippen LogP contribution in [0.2, 0.25) is 0 Å². The standard InChI is InChI=1S/C21H26N2O2/c1-15-5-2-3-7-18(15)14-25-19-8-4-6-16(11-19)12-21(24)23-13-20(22)17-9-10-17/h2-8,11,17,20H,9-10,12-14,22H2,1H3,(H,23,24). The summed E-state index contributed by atoms with van der Waals surface area (Å²) in [5, 5.41) is 2.93. The van der Waals surface area contributed by atoms with Crippen LogP contribution in [-0.2, 0) is 17.8 Å². The van der Waals surface area contributed by atoms with Crippen molar-refractivity contribution >= 4 is 5.91 Å². The number of carbonyl (C=O) groups is 1. The summed E-state index contributed by atoms with van der Waals surface area (Å²) in [5.74, 6) is 1.38. The van der Waals surface area contributed by atoms with Crippen molar-refractivity contribution in [1.29, 1.82) is 0 Å². The summed E-state index contributed by atoms with van der Waals surface area (Å²) in [6.45, 7) is 3.16. The molecule has 2 aromatic carbocycles. The summed E-state index contributed by atoms with van der Waals surface area (Å²) < 4.78 is 5.88. The Morgan fingerprint density at radius 2 is 2.04 bits per heavy atom. The van der Waals surface area contributed by atoms with E-state index in [1.807, 2.05) is 36.4 Å². The maximum Gasteiger partial charge on any atom is 0.224 e. The van der Waals surface area contributed by atoms with Crippen LogP contribution < -0.4 is 15.8 Å². The molecule has 4 heteroatoms. The van der Waals surface area contributed by atoms with Crippen molar-refractivity contribution in [3.05, 3.63) is 65.2 Å². The molecule has 2 aromatic rings. The zero-order chi connectivity index (χ0) is 17.6. The van der Waals surface area contributed by atoms with E-state index in [-0.39, 0.29) is 11.9 Å². The van der Waals surface area contributed by atoms with Crippen molar-refractivity contribution in [3.8, 4) is 5.75 Å². The van der Waals surface area contributed by atoms with Crippen LogP contribution in [-0.4, -0.2) is 18.5 Å². The normalized spacial score (nSPS) is 14.8. The molecule has 1 unspecified atom stereocenters. The van der Waals surface area contributed by atoms with Gasteiger partial charge in [0.15, 0.2) is 0 Å². The monoisotopic (exact) mass is 338 g/mol. The number of amides is 1. The van der Waals surface area contributed by atoms with E-state index in [1.165, 1.54) is 24.0 Å². The maximum atomic E-state index is 12.1. The molecule has 0 spiro atoms. The first-order valence-corrected chi connectivity index (χ1v) is 8.90. The number of hydrogen-bond acceptors (Lipinski definition) is 3. The number of nitrogens with two attached hydrogens (primary N) is 1. The first-order valence-electron chi connectivity index (χ1n) is 8.90. The summed E-state index contributed by atoms with van der Waals surface area (Å²) in [7, 11) is 0. The van der Waals surface area contributed by atoms with Crippen LogP contribution in [0.5, 0.6) is 5.75 Å². The molecule has 3 N–H and O–H groups in total. The Balaban J connectivity index is 1.50. The molecule has 4 nitrogen and oxygen atoms in total. The van der Waals surface area contributed by atoms with Crippen LogP contribution in [0.25, 0.3) is 0 Å². The number of hydrogen-bond donors (Lipinski definition) is 2. The molecule has 25 heavy (non-hydrogen) atoms. The zero-order valence-electron chi connectivity index (χ0n) is 14.7. The number of ether oxygens (including phenoxy) is 1. The third-order valence-corrected chi connectivity index (χ3v) is 4.68. The quantitative estimate of drug-likeness (QED) is 0.778. The van der Waals surface area contributed by atoms with Gasteiger partial charge >= 0.3 is 0 Å². The number of nitrogens with one attached hydrogen (secondary N) is 1. The molecule has 1 fully saturated rings. The first kappa shape index (κ1) is 17.5. The van der Waals surface area contributed by atoms with Gasteiger partial charge in [0, 0.05) is 12.6 Å². The minimum Gasteiger partial charge on any atom is -0.489 e. The molecular formula is C21H26N2O2. The fourth-order valence-corrected chi connectivity index (χ4v) is 2.85. The lowest BCUT2D eigenvalue weighted by Gasteiger charge is -2.12. The van der Waals surface area contributed by atoms with E-state index in [4.69, 9.17) is 10.5 Å². The molecule has 132 valence electrons. The van der Waals surface area contributed by atoms with Gasteiger partial charge in [0.2, 0.25) is 5.91 Å². The van der Waals surface area contributed by atoms with Gasteiger partial charge in [-0.3, -0.25) is 4.79 Å². The Morgan fingerprint density at radius 3 is 2.80 bits per heavy atom. The smallest absolute Gasteiger partial charge is 0.224 e. The molecule has 0 heterocycles. The summed E-state index contributed by atoms with van der Waals surface area (Å²) in [5.41, 5.74) is 9.34. The third kappa shape index (κ3) is 5.33. The largest absolute Gasteiger partial charge is 0.489 e. The Morgan fingerprint density at radius 1 is 1.24 bits per heavy atom. The molecule has 0 radical (unpaired) electrons. The third-order valence-electron chi connectivity index (χ3n) is 4.68. The van der Waals surface area contributed by atoms with Crippen LogP contribution in [0, 0.1) is 12.8 Å². The second-order valence-electron chi connectivity index (χ2n) is 6.84. The molecule has 1 amide bonds. The van der Waals surface area contributed by atoms with Gasteiger partial charge in [0.1, 0.15) is 12.4 Å². The van der Waals surface area contributed by atoms with Crippen LogP contribution in [0.3, 0.4) is 0 Å². The van der Waals surface area contributed by atoms with Crippen LogP contribution in [0.1, 0.15) is 29.5 Å². The Kier molecular flexibility index (Phi) is 5.71. The second-order valence-corrected chi connectivity index (χ2v) is 6.84. The summed E-state index contributed by atoms with van der Waals surface area (Å²) in [4.78, 5) is 12.1. The van der Waals surface area contributed by atoms with Gasteiger partial charge < -0.3 is 15.8 Å². The highest BCUT2D eigenvalue weighted by molar-refractivity contribution is 5.78. The van der Waals surface area contributed by atoms with Gasteiger partial charge in [0.25, 0.3) is 0 Å². The van der Waals surface area contributed by atoms with Crippen molar-refractivity contribution in [2.75, 3.05) is 6.54 Å². The number of benzene rings is 2. The maximum absolute atomic E-state index is 12.1. The lowest BCUT2D eigenvalue weighted by Crippen LogP contribution is -2.39. The van der Waals surface area contributed by atoms with E-state index in [9.17, 15) is 4.79 Å². The SMILES string of the molecule is Cc1ccccc1COc1cccc(CC(=O)NCC(N)C2CC2)c1. The number of aryl methyl sites for hydroxylation is 1. The highest BCUT2D eigenvalue weighted by Crippen LogP contribution is 2.31. The van der Waals surface area contributed by atoms with Gasteiger partial charge in [-0.2, -0.15) is 0 Å². The van der Waals surface area contributed by atoms with Crippen LogP contribution in [0.4, 0.5) is 0 Å². The van der Waals surface area contributed by atoms with Gasteiger partial charge in [-0.25, -0.2) is 0 Å². The fourth-order valence-electron chi connectivity index (χ4n) is 2.85. The molecular weight excluding hydrogens is 312 g/mol. The average molecular weight is 338 g/mol. The topological polar surface area (TPSA) is 64.3 Å². The Hall–Kier alpha value is -2.33. The average Bonchev–Trinajstić information content (AvgIpc) is 3.44. The molecule has 1 aliphatic rings. The van der Waals surface area contributed by atoms with Crippen LogP contribution in [0.15, 0.2) is 48.5 Å². The molecule has 3 rings (SSSR count). The molecule has 0 bridgehead atoms. The molecule has 1 aliphatic carbocycles. The van der Waals surface area contributed by atoms with E-state index in [2.05, 4.69) is 24.4 Å². The van der Waals surface area contributed by atoms with Crippen molar-refractivity contribution in [3.63, 3.8) is 0 Å². The molecule has 0 aromatic heterocycles. The van der Waals surface area contributed by atoms with Crippen molar-refractivity contribution < 1.29 is 9.53 Å². The lowest BCUT2D eigenvalue weighted by atomic mass is 10.1. The van der Waals surface area contributed by atoms with E-state index >= 15 is 0 Å². The van der Waals surface area contributed by atoms with Gasteiger partial charge in [-0.05, 0) is 54.5 Å². The first-order chi connectivity index (χ1) is 12.1. The van der Waals surface area contributed by atoms with Crippen molar-refractivity contribution in [2.24, 2.45) is 11.7 Å². The van der Waals surface area contributed by atoms with Gasteiger partial charge in [-0.1, -0.05) is 36.4 Å². The van der Waals surface area contributed by atoms with Crippen molar-refractivity contribution in [1.82, 2.24) is 5.32 Å². The van der Waals surface area contributed by atoms with Crippen molar-refractivity contribution in [2.45, 2.75) is 38.8 Å². The summed E-state index contributed by atoms with van der Waals surface area (Å²) >= 11 is 0.